The topological polar surface area (TPSA) is 45.2 Å². The average molecular weight is 470 g/mol. The van der Waals surface area contributed by atoms with Gasteiger partial charge < -0.3 is 19.3 Å². The number of carbonyl (C=O) groups excluding carboxylic acids is 1. The van der Waals surface area contributed by atoms with Gasteiger partial charge >= 0.3 is 0 Å². The summed E-state index contributed by atoms with van der Waals surface area (Å²) in [5.74, 6) is 4.44. The van der Waals surface area contributed by atoms with E-state index in [1.165, 1.54) is 70.1 Å². The van der Waals surface area contributed by atoms with Crippen LogP contribution < -0.4 is 9.47 Å². The van der Waals surface area contributed by atoms with Gasteiger partial charge in [-0.15, -0.1) is 0 Å². The normalized spacial score (nSPS) is 27.2. The lowest BCUT2D eigenvalue weighted by Gasteiger charge is -2.35. The van der Waals surface area contributed by atoms with E-state index in [0.29, 0.717) is 31.0 Å². The summed E-state index contributed by atoms with van der Waals surface area (Å²) in [6.07, 6.45) is 9.69. The zero-order valence-electron chi connectivity index (χ0n) is 21.1. The van der Waals surface area contributed by atoms with E-state index in [4.69, 9.17) is 9.47 Å². The predicted molar refractivity (Wildman–Crippen MR) is 135 cm³/mol. The van der Waals surface area contributed by atoms with Crippen LogP contribution in [0.15, 0.2) is 18.2 Å². The minimum Gasteiger partial charge on any atom is -0.454 e. The molecule has 188 valence electrons. The van der Waals surface area contributed by atoms with Gasteiger partial charge in [0, 0.05) is 38.2 Å². The molecular weight excluding hydrogens is 426 g/mol. The van der Waals surface area contributed by atoms with Crippen molar-refractivity contribution in [2.75, 3.05) is 66.2 Å². The molecule has 0 unspecified atom stereocenters. The lowest BCUT2D eigenvalue weighted by Crippen LogP contribution is -2.46. The van der Waals surface area contributed by atoms with Crippen LogP contribution in [0.2, 0.25) is 0 Å². The molecule has 3 fully saturated rings. The molecule has 0 amide bonds. The van der Waals surface area contributed by atoms with Crippen molar-refractivity contribution < 1.29 is 14.3 Å². The summed E-state index contributed by atoms with van der Waals surface area (Å²) in [6, 6.07) is 6.34. The van der Waals surface area contributed by atoms with Gasteiger partial charge in [0.25, 0.3) is 0 Å². The summed E-state index contributed by atoms with van der Waals surface area (Å²) >= 11 is 0. The first-order valence-electron chi connectivity index (χ1n) is 13.7. The number of ketones is 1. The molecule has 34 heavy (non-hydrogen) atoms. The summed E-state index contributed by atoms with van der Waals surface area (Å²) in [5.41, 5.74) is 1.34. The van der Waals surface area contributed by atoms with Gasteiger partial charge in [-0.25, -0.2) is 0 Å². The Morgan fingerprint density at radius 2 is 1.62 bits per heavy atom. The van der Waals surface area contributed by atoms with Crippen molar-refractivity contribution in [3.63, 3.8) is 0 Å². The zero-order chi connectivity index (χ0) is 23.3. The first kappa shape index (κ1) is 24.1. The number of hydrogen-bond acceptors (Lipinski definition) is 6. The van der Waals surface area contributed by atoms with Crippen molar-refractivity contribution in [1.29, 1.82) is 0 Å². The van der Waals surface area contributed by atoms with E-state index in [9.17, 15) is 4.79 Å². The quantitative estimate of drug-likeness (QED) is 0.574. The van der Waals surface area contributed by atoms with Crippen molar-refractivity contribution in [1.82, 2.24) is 14.7 Å². The number of hydrogen-bond donors (Lipinski definition) is 0. The number of para-hydroxylation sites is 1. The number of fused-ring (bicyclic) bond motifs is 1. The maximum absolute atomic E-state index is 12.6. The molecule has 0 N–H and O–H groups in total. The summed E-state index contributed by atoms with van der Waals surface area (Å²) in [4.78, 5) is 20.0. The molecule has 2 saturated heterocycles. The van der Waals surface area contributed by atoms with Gasteiger partial charge in [0.1, 0.15) is 5.78 Å². The number of Topliss-reactive ketones (excluding diaryl/α,β-unsaturated/α-hetero) is 1. The second kappa shape index (κ2) is 11.4. The number of benzene rings is 1. The molecule has 0 spiro atoms. The highest BCUT2D eigenvalue weighted by atomic mass is 16.7. The lowest BCUT2D eigenvalue weighted by molar-refractivity contribution is -0.121. The van der Waals surface area contributed by atoms with E-state index in [1.54, 1.807) is 0 Å². The van der Waals surface area contributed by atoms with Gasteiger partial charge in [0.2, 0.25) is 6.79 Å². The van der Waals surface area contributed by atoms with Crippen LogP contribution in [0, 0.1) is 11.8 Å². The minimum atomic E-state index is 0.359. The average Bonchev–Trinajstić information content (AvgIpc) is 3.35. The van der Waals surface area contributed by atoms with Gasteiger partial charge in [0.05, 0.1) is 6.54 Å². The highest BCUT2D eigenvalue weighted by molar-refractivity contribution is 5.80. The highest BCUT2D eigenvalue weighted by Gasteiger charge is 2.28. The third-order valence-electron chi connectivity index (χ3n) is 8.79. The molecule has 0 bridgehead atoms. The maximum atomic E-state index is 12.6. The van der Waals surface area contributed by atoms with Crippen molar-refractivity contribution in [2.24, 2.45) is 11.8 Å². The van der Waals surface area contributed by atoms with E-state index >= 15 is 0 Å². The fourth-order valence-corrected chi connectivity index (χ4v) is 6.47. The first-order valence-corrected chi connectivity index (χ1v) is 13.7. The van der Waals surface area contributed by atoms with Gasteiger partial charge in [-0.1, -0.05) is 25.0 Å². The van der Waals surface area contributed by atoms with Crippen LogP contribution in [0.3, 0.4) is 0 Å². The maximum Gasteiger partial charge on any atom is 0.231 e. The van der Waals surface area contributed by atoms with Gasteiger partial charge in [0.15, 0.2) is 11.5 Å². The Morgan fingerprint density at radius 1 is 0.882 bits per heavy atom. The molecule has 0 aromatic heterocycles. The Morgan fingerprint density at radius 3 is 2.38 bits per heavy atom. The number of piperidine rings is 1. The standard InChI is InChI=1S/C28H43N3O3/c1-29-15-17-31(18-16-29)20-25(32)19-23-7-5-22(6-8-23)9-12-30-13-10-24(11-14-30)26-3-2-4-27-28(26)34-21-33-27/h2-4,22-24H,5-21H2,1H3. The van der Waals surface area contributed by atoms with Crippen molar-refractivity contribution in [3.8, 4) is 11.5 Å². The number of carbonyl (C=O) groups is 1. The molecule has 6 heteroatoms. The third-order valence-corrected chi connectivity index (χ3v) is 8.79. The summed E-state index contributed by atoms with van der Waals surface area (Å²) in [7, 11) is 2.17. The molecule has 1 saturated carbocycles. The van der Waals surface area contributed by atoms with E-state index in [2.05, 4.69) is 33.9 Å². The second-order valence-electron chi connectivity index (χ2n) is 11.2. The van der Waals surface area contributed by atoms with Gasteiger partial charge in [-0.3, -0.25) is 9.69 Å². The third kappa shape index (κ3) is 6.13. The molecule has 1 aliphatic carbocycles. The van der Waals surface area contributed by atoms with Crippen LogP contribution in [-0.2, 0) is 4.79 Å². The van der Waals surface area contributed by atoms with Crippen LogP contribution in [0.25, 0.3) is 0 Å². The molecule has 1 aromatic rings. The van der Waals surface area contributed by atoms with E-state index in [0.717, 1.165) is 50.0 Å². The smallest absolute Gasteiger partial charge is 0.231 e. The number of rotatable bonds is 8. The van der Waals surface area contributed by atoms with Crippen LogP contribution in [0.5, 0.6) is 11.5 Å². The molecule has 3 aliphatic heterocycles. The summed E-state index contributed by atoms with van der Waals surface area (Å²) in [5, 5.41) is 0. The minimum absolute atomic E-state index is 0.359. The van der Waals surface area contributed by atoms with Crippen LogP contribution >= 0.6 is 0 Å². The summed E-state index contributed by atoms with van der Waals surface area (Å²) in [6.45, 7) is 8.91. The van der Waals surface area contributed by atoms with Crippen molar-refractivity contribution in [3.05, 3.63) is 23.8 Å². The molecule has 3 heterocycles. The van der Waals surface area contributed by atoms with E-state index in [1.807, 2.05) is 6.07 Å². The SMILES string of the molecule is CN1CCN(CC(=O)CC2CCC(CCN3CCC(c4cccc5c4OCO5)CC3)CC2)CC1. The van der Waals surface area contributed by atoms with Crippen LogP contribution in [0.4, 0.5) is 0 Å². The Labute approximate surface area is 205 Å². The van der Waals surface area contributed by atoms with Crippen LogP contribution in [-0.4, -0.2) is 86.7 Å². The molecule has 4 aliphatic rings. The number of nitrogens with zero attached hydrogens (tertiary/aromatic N) is 3. The molecular formula is C28H43N3O3. The van der Waals surface area contributed by atoms with Crippen LogP contribution in [0.1, 0.15) is 62.8 Å². The van der Waals surface area contributed by atoms with E-state index < -0.39 is 0 Å². The van der Waals surface area contributed by atoms with Crippen molar-refractivity contribution in [2.45, 2.75) is 57.3 Å². The largest absolute Gasteiger partial charge is 0.454 e. The van der Waals surface area contributed by atoms with E-state index in [-0.39, 0.29) is 0 Å². The van der Waals surface area contributed by atoms with Gasteiger partial charge in [-0.05, 0) is 82.6 Å². The Bertz CT molecular complexity index is 807. The highest BCUT2D eigenvalue weighted by Crippen LogP contribution is 2.42. The fourth-order valence-electron chi connectivity index (χ4n) is 6.47. The zero-order valence-corrected chi connectivity index (χ0v) is 21.1. The van der Waals surface area contributed by atoms with Gasteiger partial charge in [-0.2, -0.15) is 0 Å². The molecule has 5 rings (SSSR count). The summed E-state index contributed by atoms with van der Waals surface area (Å²) < 4.78 is 11.3. The first-order chi connectivity index (χ1) is 16.6. The molecule has 6 nitrogen and oxygen atoms in total. The monoisotopic (exact) mass is 469 g/mol. The number of piperazine rings is 1. The Kier molecular flexibility index (Phi) is 8.08. The predicted octanol–water partition coefficient (Wildman–Crippen LogP) is 4.00. The molecule has 0 radical (unpaired) electrons. The molecule has 0 atom stereocenters. The lowest BCUT2D eigenvalue weighted by atomic mass is 9.78. The Balaban J connectivity index is 0.972. The van der Waals surface area contributed by atoms with Crippen molar-refractivity contribution >= 4 is 5.78 Å². The Hall–Kier alpha value is -1.63. The number of ether oxygens (including phenoxy) is 2. The number of likely N-dealkylation sites (N-methyl/N-ethyl adjacent to an activating group) is 1. The number of likely N-dealkylation sites (tertiary alicyclic amines) is 1. The fraction of sp³-hybridized carbons (Fsp3) is 0.750. The second-order valence-corrected chi connectivity index (χ2v) is 11.2. The molecule has 1 aromatic carbocycles.